The Morgan fingerprint density at radius 1 is 1.00 bits per heavy atom. The highest BCUT2D eigenvalue weighted by Gasteiger charge is 2.11. The molecule has 0 saturated carbocycles. The number of nitrogens with one attached hydrogen (secondary N) is 2. The first kappa shape index (κ1) is 21.7. The number of nitrogens with zero attached hydrogens (tertiary/aromatic N) is 3. The normalized spacial score (nSPS) is 12.1. The van der Waals surface area contributed by atoms with Gasteiger partial charge in [-0.3, -0.25) is 4.72 Å². The molecule has 2 heterocycles. The summed E-state index contributed by atoms with van der Waals surface area (Å²) >= 11 is 0. The van der Waals surface area contributed by atoms with Crippen LogP contribution in [-0.4, -0.2) is 37.7 Å². The predicted octanol–water partition coefficient (Wildman–Crippen LogP) is 2.03. The minimum absolute atomic E-state index is 0.0523. The molecule has 12 heteroatoms. The van der Waals surface area contributed by atoms with Crippen LogP contribution in [0, 0.1) is 0 Å². The highest BCUT2D eigenvalue weighted by molar-refractivity contribution is 7.92. The van der Waals surface area contributed by atoms with Gasteiger partial charge in [0, 0.05) is 17.8 Å². The van der Waals surface area contributed by atoms with Crippen molar-refractivity contribution < 1.29 is 16.8 Å². The summed E-state index contributed by atoms with van der Waals surface area (Å²) in [6.07, 6.45) is 2.76. The lowest BCUT2D eigenvalue weighted by molar-refractivity contribution is 0.597. The number of rotatable bonds is 7. The molecule has 0 bridgehead atoms. The fourth-order valence-electron chi connectivity index (χ4n) is 3.11. The molecule has 2 aromatic carbocycles. The van der Waals surface area contributed by atoms with Crippen LogP contribution in [-0.2, 0) is 26.6 Å². The molecule has 0 fully saturated rings. The Morgan fingerprint density at radius 3 is 2.44 bits per heavy atom. The number of anilines is 2. The highest BCUT2D eigenvalue weighted by Crippen LogP contribution is 2.24. The largest absolute Gasteiger partial charge is 0.365 e. The third kappa shape index (κ3) is 5.04. The molecule has 166 valence electrons. The third-order valence-corrected chi connectivity index (χ3v) is 6.09. The van der Waals surface area contributed by atoms with E-state index < -0.39 is 20.0 Å². The average Bonchev–Trinajstić information content (AvgIpc) is 3.14. The fourth-order valence-corrected chi connectivity index (χ4v) is 4.18. The number of fused-ring (bicyclic) bond motifs is 1. The summed E-state index contributed by atoms with van der Waals surface area (Å²) in [6, 6.07) is 16.8. The van der Waals surface area contributed by atoms with E-state index in [1.807, 2.05) is 12.1 Å². The van der Waals surface area contributed by atoms with Crippen LogP contribution in [0.25, 0.3) is 16.9 Å². The van der Waals surface area contributed by atoms with Gasteiger partial charge in [0.1, 0.15) is 5.82 Å². The van der Waals surface area contributed by atoms with Crippen molar-refractivity contribution in [3.8, 4) is 11.3 Å². The molecule has 0 aliphatic carbocycles. The molecule has 0 saturated heterocycles. The Bertz CT molecular complexity index is 1500. The maximum absolute atomic E-state index is 11.5. The Hall–Kier alpha value is -3.48. The van der Waals surface area contributed by atoms with E-state index in [1.54, 1.807) is 47.1 Å². The van der Waals surface area contributed by atoms with Gasteiger partial charge in [0.05, 0.1) is 23.0 Å². The van der Waals surface area contributed by atoms with Crippen LogP contribution in [0.3, 0.4) is 0 Å². The number of primary sulfonamides is 1. The number of sulfonamides is 2. The van der Waals surface area contributed by atoms with E-state index in [-0.39, 0.29) is 4.90 Å². The number of aromatic nitrogens is 3. The molecule has 0 unspecified atom stereocenters. The van der Waals surface area contributed by atoms with Gasteiger partial charge in [-0.05, 0) is 42.0 Å². The summed E-state index contributed by atoms with van der Waals surface area (Å²) in [5.41, 5.74) is 3.36. The topological polar surface area (TPSA) is 149 Å². The van der Waals surface area contributed by atoms with Crippen molar-refractivity contribution in [2.75, 3.05) is 16.3 Å². The van der Waals surface area contributed by atoms with Gasteiger partial charge in [0.2, 0.25) is 20.0 Å². The van der Waals surface area contributed by atoms with Crippen molar-refractivity contribution in [3.05, 3.63) is 72.4 Å². The van der Waals surface area contributed by atoms with E-state index in [1.165, 1.54) is 12.1 Å². The van der Waals surface area contributed by atoms with Crippen LogP contribution in [0.1, 0.15) is 5.56 Å². The van der Waals surface area contributed by atoms with Gasteiger partial charge in [0.15, 0.2) is 5.65 Å². The van der Waals surface area contributed by atoms with E-state index in [9.17, 15) is 16.8 Å². The van der Waals surface area contributed by atoms with Gasteiger partial charge < -0.3 is 5.32 Å². The monoisotopic (exact) mass is 472 g/mol. The second kappa shape index (κ2) is 8.22. The van der Waals surface area contributed by atoms with Crippen LogP contribution >= 0.6 is 0 Å². The number of nitrogens with two attached hydrogens (primary N) is 1. The first-order valence-corrected chi connectivity index (χ1v) is 12.8. The molecule has 10 nitrogen and oxygen atoms in total. The van der Waals surface area contributed by atoms with E-state index >= 15 is 0 Å². The van der Waals surface area contributed by atoms with Crippen LogP contribution in [0.2, 0.25) is 0 Å². The van der Waals surface area contributed by atoms with Crippen LogP contribution < -0.4 is 15.2 Å². The maximum atomic E-state index is 11.5. The first-order valence-electron chi connectivity index (χ1n) is 9.37. The van der Waals surface area contributed by atoms with Gasteiger partial charge in [-0.25, -0.2) is 31.5 Å². The fraction of sp³-hybridized carbons (Fsp3) is 0.100. The Balaban J connectivity index is 1.57. The van der Waals surface area contributed by atoms with Gasteiger partial charge in [0.25, 0.3) is 0 Å². The number of benzene rings is 2. The molecule has 0 aliphatic rings. The quantitative estimate of drug-likeness (QED) is 0.373. The summed E-state index contributed by atoms with van der Waals surface area (Å²) in [4.78, 5) is 4.41. The minimum Gasteiger partial charge on any atom is -0.365 e. The van der Waals surface area contributed by atoms with E-state index in [0.717, 1.165) is 17.4 Å². The molecule has 4 rings (SSSR count). The third-order valence-electron chi connectivity index (χ3n) is 4.55. The van der Waals surface area contributed by atoms with Crippen molar-refractivity contribution >= 4 is 37.2 Å². The first-order chi connectivity index (χ1) is 15.1. The molecule has 0 aliphatic heterocycles. The Labute approximate surface area is 185 Å². The summed E-state index contributed by atoms with van der Waals surface area (Å²) in [7, 11) is -7.12. The molecule has 0 atom stereocenters. The zero-order chi connectivity index (χ0) is 22.9. The summed E-state index contributed by atoms with van der Waals surface area (Å²) in [6.45, 7) is 0.418. The van der Waals surface area contributed by atoms with Gasteiger partial charge in [-0.1, -0.05) is 24.3 Å². The van der Waals surface area contributed by atoms with Crippen molar-refractivity contribution in [2.24, 2.45) is 5.14 Å². The van der Waals surface area contributed by atoms with Gasteiger partial charge >= 0.3 is 0 Å². The molecule has 2 aromatic heterocycles. The van der Waals surface area contributed by atoms with Crippen molar-refractivity contribution in [2.45, 2.75) is 11.4 Å². The standard InChI is InChI=1S/C20H20N6O4S2/c1-31(27,28)25-16-4-2-3-15(11-16)18-13-23-20-10-9-19(24-26(18)20)22-12-14-5-7-17(8-6-14)32(21,29)30/h2-11,13,25H,12H2,1H3,(H,22,24)(H2,21,29,30). The maximum Gasteiger partial charge on any atom is 0.238 e. The Morgan fingerprint density at radius 2 is 1.75 bits per heavy atom. The van der Waals surface area contributed by atoms with Crippen LogP contribution in [0.5, 0.6) is 0 Å². The SMILES string of the molecule is CS(=O)(=O)Nc1cccc(-c2cnc3ccc(NCc4ccc(S(N)(=O)=O)cc4)nn23)c1. The van der Waals surface area contributed by atoms with Crippen molar-refractivity contribution in [1.29, 1.82) is 0 Å². The highest BCUT2D eigenvalue weighted by atomic mass is 32.2. The van der Waals surface area contributed by atoms with Crippen molar-refractivity contribution in [3.63, 3.8) is 0 Å². The molecule has 4 aromatic rings. The summed E-state index contributed by atoms with van der Waals surface area (Å²) in [5.74, 6) is 0.581. The second-order valence-corrected chi connectivity index (χ2v) is 10.4. The molecular formula is C20H20N6O4S2. The van der Waals surface area contributed by atoms with E-state index in [4.69, 9.17) is 5.14 Å². The number of imidazole rings is 1. The lowest BCUT2D eigenvalue weighted by Gasteiger charge is -2.09. The van der Waals surface area contributed by atoms with Crippen LogP contribution in [0.4, 0.5) is 11.5 Å². The Kier molecular flexibility index (Phi) is 5.59. The number of hydrogen-bond donors (Lipinski definition) is 3. The summed E-state index contributed by atoms with van der Waals surface area (Å²) < 4.78 is 49.9. The molecule has 4 N–H and O–H groups in total. The zero-order valence-corrected chi connectivity index (χ0v) is 18.6. The molecule has 0 amide bonds. The molecular weight excluding hydrogens is 452 g/mol. The van der Waals surface area contributed by atoms with Crippen molar-refractivity contribution in [1.82, 2.24) is 14.6 Å². The zero-order valence-electron chi connectivity index (χ0n) is 16.9. The lowest BCUT2D eigenvalue weighted by atomic mass is 10.1. The summed E-state index contributed by atoms with van der Waals surface area (Å²) in [5, 5.41) is 12.9. The molecule has 0 spiro atoms. The predicted molar refractivity (Wildman–Crippen MR) is 122 cm³/mol. The van der Waals surface area contributed by atoms with Crippen LogP contribution in [0.15, 0.2) is 71.8 Å². The minimum atomic E-state index is -3.73. The molecule has 32 heavy (non-hydrogen) atoms. The lowest BCUT2D eigenvalue weighted by Crippen LogP contribution is -2.12. The van der Waals surface area contributed by atoms with Gasteiger partial charge in [-0.15, -0.1) is 5.10 Å². The van der Waals surface area contributed by atoms with Gasteiger partial charge in [-0.2, -0.15) is 0 Å². The number of hydrogen-bond acceptors (Lipinski definition) is 7. The smallest absolute Gasteiger partial charge is 0.238 e. The average molecular weight is 473 g/mol. The van der Waals surface area contributed by atoms with E-state index in [0.29, 0.717) is 29.4 Å². The molecule has 0 radical (unpaired) electrons. The van der Waals surface area contributed by atoms with E-state index in [2.05, 4.69) is 20.1 Å². The second-order valence-electron chi connectivity index (χ2n) is 7.13.